The van der Waals surface area contributed by atoms with Gasteiger partial charge in [-0.3, -0.25) is 4.79 Å². The van der Waals surface area contributed by atoms with Crippen molar-refractivity contribution in [1.82, 2.24) is 10.6 Å². The zero-order valence-electron chi connectivity index (χ0n) is 18.4. The molecule has 6 nitrogen and oxygen atoms in total. The monoisotopic (exact) mass is 438 g/mol. The summed E-state index contributed by atoms with van der Waals surface area (Å²) in [5, 5.41) is 15.1. The van der Waals surface area contributed by atoms with Gasteiger partial charge in [0.15, 0.2) is 17.4 Å². The quantitative estimate of drug-likeness (QED) is 0.571. The van der Waals surface area contributed by atoms with Crippen LogP contribution in [0.1, 0.15) is 82.5 Å². The highest BCUT2D eigenvalue weighted by Gasteiger charge is 2.49. The first kappa shape index (κ1) is 23.3. The van der Waals surface area contributed by atoms with E-state index in [1.54, 1.807) is 0 Å². The Hall–Kier alpha value is -2.38. The van der Waals surface area contributed by atoms with Crippen LogP contribution >= 0.6 is 0 Å². The van der Waals surface area contributed by atoms with Gasteiger partial charge in [-0.2, -0.15) is 0 Å². The van der Waals surface area contributed by atoms with E-state index in [9.17, 15) is 23.5 Å². The Morgan fingerprint density at radius 3 is 2.16 bits per heavy atom. The molecule has 2 bridgehead atoms. The maximum atomic E-state index is 13.5. The second-order valence-corrected chi connectivity index (χ2v) is 9.78. The summed E-state index contributed by atoms with van der Waals surface area (Å²) in [4.78, 5) is 24.8. The van der Waals surface area contributed by atoms with Crippen LogP contribution in [0, 0.1) is 17.0 Å². The number of rotatable bonds is 7. The van der Waals surface area contributed by atoms with Crippen molar-refractivity contribution in [2.45, 2.75) is 83.3 Å². The van der Waals surface area contributed by atoms with Gasteiger partial charge in [-0.1, -0.05) is 13.3 Å². The van der Waals surface area contributed by atoms with Crippen molar-refractivity contribution in [3.8, 4) is 5.75 Å². The number of ether oxygens (including phenoxy) is 1. The maximum absolute atomic E-state index is 13.5. The molecule has 3 N–H and O–H groups in total. The van der Waals surface area contributed by atoms with Crippen LogP contribution in [0.3, 0.4) is 0 Å². The number of halogens is 2. The maximum Gasteiger partial charge on any atom is 0.408 e. The van der Waals surface area contributed by atoms with Crippen LogP contribution in [-0.4, -0.2) is 34.8 Å². The minimum absolute atomic E-state index is 0.0848. The highest BCUT2D eigenvalue weighted by molar-refractivity contribution is 5.94. The lowest BCUT2D eigenvalue weighted by Crippen LogP contribution is -2.59. The first-order valence-electron chi connectivity index (χ1n) is 11.0. The molecule has 8 heteroatoms. The smallest absolute Gasteiger partial charge is 0.408 e. The van der Waals surface area contributed by atoms with Gasteiger partial charge in [-0.15, -0.1) is 0 Å². The molecule has 3 aliphatic carbocycles. The van der Waals surface area contributed by atoms with Gasteiger partial charge in [0.2, 0.25) is 0 Å². The second kappa shape index (κ2) is 8.63. The molecule has 0 radical (unpaired) electrons. The Morgan fingerprint density at radius 1 is 1.10 bits per heavy atom. The zero-order valence-corrected chi connectivity index (χ0v) is 18.4. The standard InChI is InChI=1S/C23H32F2N2O4/c1-4-5-21(2,3)31-20(30)27-23-9-6-22(7-10-23,8-11-23)14-26-19(29)15-12-16(24)18(28)17(25)13-15/h12-13,28H,4-11,14H2,1-3H3,(H,26,29)(H,27,30)/t22-,23+. The molecule has 31 heavy (non-hydrogen) atoms. The molecule has 0 aliphatic heterocycles. The van der Waals surface area contributed by atoms with E-state index in [1.807, 2.05) is 13.8 Å². The highest BCUT2D eigenvalue weighted by Crippen LogP contribution is 2.52. The fraction of sp³-hybridized carbons (Fsp3) is 0.652. The topological polar surface area (TPSA) is 87.7 Å². The third-order valence-corrected chi connectivity index (χ3v) is 6.89. The summed E-state index contributed by atoms with van der Waals surface area (Å²) in [5.41, 5.74) is -1.02. The molecule has 1 aromatic carbocycles. The number of phenols is 1. The predicted molar refractivity (Wildman–Crippen MR) is 112 cm³/mol. The van der Waals surface area contributed by atoms with Crippen LogP contribution in [-0.2, 0) is 4.74 Å². The van der Waals surface area contributed by atoms with Crippen molar-refractivity contribution >= 4 is 12.0 Å². The average Bonchev–Trinajstić information content (AvgIpc) is 2.70. The summed E-state index contributed by atoms with van der Waals surface area (Å²) >= 11 is 0. The minimum Gasteiger partial charge on any atom is -0.503 e. The summed E-state index contributed by atoms with van der Waals surface area (Å²) in [6.45, 7) is 6.28. The Kier molecular flexibility index (Phi) is 6.48. The number of carbonyl (C=O) groups is 2. The van der Waals surface area contributed by atoms with Crippen LogP contribution in [0.25, 0.3) is 0 Å². The molecule has 3 fully saturated rings. The summed E-state index contributed by atoms with van der Waals surface area (Å²) in [5.74, 6) is -3.99. The lowest BCUT2D eigenvalue weighted by atomic mass is 9.57. The number of hydrogen-bond acceptors (Lipinski definition) is 4. The molecule has 4 rings (SSSR count). The summed E-state index contributed by atoms with van der Waals surface area (Å²) < 4.78 is 32.7. The van der Waals surface area contributed by atoms with Crippen molar-refractivity contribution in [3.05, 3.63) is 29.3 Å². The number of phenolic OH excluding ortho intramolecular Hbond substituents is 1. The largest absolute Gasteiger partial charge is 0.503 e. The first-order chi connectivity index (χ1) is 14.5. The Balaban J connectivity index is 1.54. The molecule has 2 amide bonds. The molecular formula is C23H32F2N2O4. The SMILES string of the molecule is CCCC(C)(C)OC(=O)N[C@]12CC[C@](CNC(=O)c3cc(F)c(O)c(F)c3)(CC1)CC2. The highest BCUT2D eigenvalue weighted by atomic mass is 19.1. The first-order valence-corrected chi connectivity index (χ1v) is 11.0. The molecule has 0 atom stereocenters. The van der Waals surface area contributed by atoms with E-state index in [0.717, 1.165) is 63.5 Å². The molecule has 3 aliphatic rings. The van der Waals surface area contributed by atoms with Gasteiger partial charge in [0.25, 0.3) is 5.91 Å². The lowest BCUT2D eigenvalue weighted by Gasteiger charge is -2.53. The fourth-order valence-electron chi connectivity index (χ4n) is 4.93. The van der Waals surface area contributed by atoms with Gasteiger partial charge in [0.1, 0.15) is 5.60 Å². The second-order valence-electron chi connectivity index (χ2n) is 9.78. The van der Waals surface area contributed by atoms with E-state index in [0.29, 0.717) is 6.54 Å². The molecule has 0 heterocycles. The van der Waals surface area contributed by atoms with E-state index >= 15 is 0 Å². The van der Waals surface area contributed by atoms with Gasteiger partial charge in [-0.25, -0.2) is 13.6 Å². The van der Waals surface area contributed by atoms with Gasteiger partial charge in [0, 0.05) is 17.6 Å². The van der Waals surface area contributed by atoms with Crippen molar-refractivity contribution in [3.63, 3.8) is 0 Å². The Labute approximate surface area is 181 Å². The normalized spacial score (nSPS) is 25.2. The molecule has 0 unspecified atom stereocenters. The van der Waals surface area contributed by atoms with E-state index in [2.05, 4.69) is 17.6 Å². The van der Waals surface area contributed by atoms with E-state index in [-0.39, 0.29) is 22.6 Å². The summed E-state index contributed by atoms with van der Waals surface area (Å²) in [6, 6.07) is 1.65. The third kappa shape index (κ3) is 5.28. The Bertz CT molecular complexity index is 808. The molecule has 172 valence electrons. The van der Waals surface area contributed by atoms with Crippen molar-refractivity contribution < 1.29 is 28.2 Å². The van der Waals surface area contributed by atoms with Gasteiger partial charge in [-0.05, 0) is 76.3 Å². The van der Waals surface area contributed by atoms with Crippen molar-refractivity contribution in [2.24, 2.45) is 5.41 Å². The van der Waals surface area contributed by atoms with E-state index in [1.165, 1.54) is 0 Å². The number of amides is 2. The summed E-state index contributed by atoms with van der Waals surface area (Å²) in [6.07, 6.45) is 6.27. The van der Waals surface area contributed by atoms with Gasteiger partial charge < -0.3 is 20.5 Å². The van der Waals surface area contributed by atoms with Crippen molar-refractivity contribution in [1.29, 1.82) is 0 Å². The molecule has 3 saturated carbocycles. The number of carbonyl (C=O) groups excluding carboxylic acids is 2. The molecule has 0 spiro atoms. The predicted octanol–water partition coefficient (Wildman–Crippen LogP) is 4.80. The van der Waals surface area contributed by atoms with Gasteiger partial charge in [0.05, 0.1) is 0 Å². The third-order valence-electron chi connectivity index (χ3n) is 6.89. The van der Waals surface area contributed by atoms with Crippen LogP contribution in [0.4, 0.5) is 13.6 Å². The molecule has 0 saturated heterocycles. The number of hydrogen-bond donors (Lipinski definition) is 3. The lowest BCUT2D eigenvalue weighted by molar-refractivity contribution is -0.00233. The molecule has 1 aromatic rings. The average molecular weight is 439 g/mol. The summed E-state index contributed by atoms with van der Waals surface area (Å²) in [7, 11) is 0. The van der Waals surface area contributed by atoms with Crippen LogP contribution < -0.4 is 10.6 Å². The minimum atomic E-state index is -1.16. The van der Waals surface area contributed by atoms with E-state index < -0.39 is 28.9 Å². The fourth-order valence-corrected chi connectivity index (χ4v) is 4.93. The van der Waals surface area contributed by atoms with Crippen LogP contribution in [0.2, 0.25) is 0 Å². The van der Waals surface area contributed by atoms with E-state index in [4.69, 9.17) is 4.74 Å². The number of aromatic hydroxyl groups is 1. The number of fused-ring (bicyclic) bond motifs is 3. The van der Waals surface area contributed by atoms with Crippen LogP contribution in [0.5, 0.6) is 5.75 Å². The van der Waals surface area contributed by atoms with Crippen LogP contribution in [0.15, 0.2) is 12.1 Å². The number of alkyl carbamates (subject to hydrolysis) is 1. The Morgan fingerprint density at radius 2 is 1.65 bits per heavy atom. The van der Waals surface area contributed by atoms with Gasteiger partial charge >= 0.3 is 6.09 Å². The number of benzene rings is 1. The molecule has 0 aromatic heterocycles. The zero-order chi connectivity index (χ0) is 22.9. The van der Waals surface area contributed by atoms with Crippen molar-refractivity contribution in [2.75, 3.05) is 6.54 Å². The number of nitrogens with one attached hydrogen (secondary N) is 2. The molecular weight excluding hydrogens is 406 g/mol.